The molecule has 0 spiro atoms. The van der Waals surface area contributed by atoms with Gasteiger partial charge in [0.25, 0.3) is 0 Å². The Morgan fingerprint density at radius 2 is 2.12 bits per heavy atom. The maximum absolute atomic E-state index is 12.1. The summed E-state index contributed by atoms with van der Waals surface area (Å²) < 4.78 is 6.88. The van der Waals surface area contributed by atoms with Crippen LogP contribution >= 0.6 is 23.5 Å². The monoisotopic (exact) mass is 361 g/mol. The van der Waals surface area contributed by atoms with Crippen molar-refractivity contribution in [3.63, 3.8) is 0 Å². The Labute approximate surface area is 147 Å². The molecule has 0 aliphatic heterocycles. The number of nitrogens with one attached hydrogen (secondary N) is 1. The average Bonchev–Trinajstić information content (AvgIpc) is 3.26. The van der Waals surface area contributed by atoms with Crippen molar-refractivity contribution in [2.45, 2.75) is 16.6 Å². The number of nitrogens with zero attached hydrogens (tertiary/aromatic N) is 4. The van der Waals surface area contributed by atoms with Gasteiger partial charge in [0.05, 0.1) is 12.0 Å². The topological polar surface area (TPSA) is 85.8 Å². The summed E-state index contributed by atoms with van der Waals surface area (Å²) >= 11 is 2.94. The normalized spacial score (nSPS) is 10.7. The van der Waals surface area contributed by atoms with Crippen LogP contribution in [0.3, 0.4) is 0 Å². The van der Waals surface area contributed by atoms with Gasteiger partial charge in [-0.2, -0.15) is 0 Å². The lowest BCUT2D eigenvalue weighted by Crippen LogP contribution is -2.14. The molecule has 0 unspecified atom stereocenters. The molecule has 0 saturated heterocycles. The van der Waals surface area contributed by atoms with Gasteiger partial charge >= 0.3 is 0 Å². The van der Waals surface area contributed by atoms with Gasteiger partial charge < -0.3 is 9.73 Å². The van der Waals surface area contributed by atoms with Crippen molar-refractivity contribution < 1.29 is 9.21 Å². The van der Waals surface area contributed by atoms with Crippen LogP contribution in [0, 0.1) is 0 Å². The van der Waals surface area contributed by atoms with Crippen LogP contribution in [-0.4, -0.2) is 38.1 Å². The van der Waals surface area contributed by atoms with Gasteiger partial charge in [0, 0.05) is 10.6 Å². The van der Waals surface area contributed by atoms with Gasteiger partial charge in [-0.1, -0.05) is 11.8 Å². The molecule has 0 bridgehead atoms. The Morgan fingerprint density at radius 3 is 2.83 bits per heavy atom. The highest BCUT2D eigenvalue weighted by Crippen LogP contribution is 2.19. The van der Waals surface area contributed by atoms with Crippen LogP contribution in [0.25, 0.3) is 0 Å². The molecule has 2 aromatic heterocycles. The second-order valence-electron chi connectivity index (χ2n) is 4.76. The zero-order valence-electron chi connectivity index (χ0n) is 12.9. The van der Waals surface area contributed by atoms with Crippen LogP contribution in [0.4, 0.5) is 5.69 Å². The number of carbonyl (C=O) groups excluding carboxylic acids is 1. The minimum Gasteiger partial charge on any atom is -0.467 e. The number of benzene rings is 1. The third-order valence-corrected chi connectivity index (χ3v) is 4.79. The molecule has 0 atom stereocenters. The molecule has 24 heavy (non-hydrogen) atoms. The highest BCUT2D eigenvalue weighted by atomic mass is 32.2. The molecule has 7 nitrogen and oxygen atoms in total. The summed E-state index contributed by atoms with van der Waals surface area (Å²) in [5, 5.41) is 14.9. The van der Waals surface area contributed by atoms with Crippen LogP contribution in [-0.2, 0) is 11.3 Å². The number of anilines is 1. The first-order valence-electron chi connectivity index (χ1n) is 7.10. The molecule has 3 aromatic rings. The lowest BCUT2D eigenvalue weighted by atomic mass is 10.3. The van der Waals surface area contributed by atoms with Crippen LogP contribution in [0.5, 0.6) is 0 Å². The minimum absolute atomic E-state index is 0.107. The number of aromatic nitrogens is 4. The van der Waals surface area contributed by atoms with E-state index in [9.17, 15) is 4.79 Å². The Kier molecular flexibility index (Phi) is 5.55. The number of rotatable bonds is 7. The third kappa shape index (κ3) is 4.39. The largest absolute Gasteiger partial charge is 0.467 e. The molecule has 124 valence electrons. The standard InChI is InChI=1S/C15H15N5O2S2/c1-23-13-6-4-11(5-7-13)16-14(21)10-24-15-17-18-19-20(15)9-12-3-2-8-22-12/h2-8H,9-10H2,1H3,(H,16,21). The summed E-state index contributed by atoms with van der Waals surface area (Å²) in [6, 6.07) is 11.4. The Hall–Kier alpha value is -2.26. The molecule has 0 aliphatic rings. The van der Waals surface area contributed by atoms with Gasteiger partial charge in [-0.15, -0.1) is 16.9 Å². The first kappa shape index (κ1) is 16.6. The molecule has 9 heteroatoms. The molecule has 0 aliphatic carbocycles. The van der Waals surface area contributed by atoms with E-state index >= 15 is 0 Å². The second-order valence-corrected chi connectivity index (χ2v) is 6.59. The third-order valence-electron chi connectivity index (χ3n) is 3.09. The molecule has 2 heterocycles. The Balaban J connectivity index is 1.53. The lowest BCUT2D eigenvalue weighted by molar-refractivity contribution is -0.113. The van der Waals surface area contributed by atoms with E-state index in [1.54, 1.807) is 22.7 Å². The van der Waals surface area contributed by atoms with E-state index in [0.717, 1.165) is 16.3 Å². The molecule has 1 N–H and O–H groups in total. The molecule has 0 saturated carbocycles. The number of amides is 1. The van der Waals surface area contributed by atoms with Crippen molar-refractivity contribution in [2.75, 3.05) is 17.3 Å². The van der Waals surface area contributed by atoms with E-state index in [-0.39, 0.29) is 11.7 Å². The van der Waals surface area contributed by atoms with Crippen LogP contribution in [0.2, 0.25) is 0 Å². The Bertz CT molecular complexity index is 787. The van der Waals surface area contributed by atoms with Crippen LogP contribution in [0.15, 0.2) is 57.1 Å². The number of hydrogen-bond donors (Lipinski definition) is 1. The van der Waals surface area contributed by atoms with E-state index in [1.807, 2.05) is 42.7 Å². The van der Waals surface area contributed by atoms with Crippen molar-refractivity contribution >= 4 is 35.1 Å². The zero-order chi connectivity index (χ0) is 16.8. The van der Waals surface area contributed by atoms with E-state index < -0.39 is 0 Å². The fourth-order valence-electron chi connectivity index (χ4n) is 1.95. The predicted molar refractivity (Wildman–Crippen MR) is 93.2 cm³/mol. The summed E-state index contributed by atoms with van der Waals surface area (Å²) in [7, 11) is 0. The van der Waals surface area contributed by atoms with Crippen LogP contribution < -0.4 is 5.32 Å². The summed E-state index contributed by atoms with van der Waals surface area (Å²) in [5.41, 5.74) is 0.772. The van der Waals surface area contributed by atoms with E-state index in [1.165, 1.54) is 11.8 Å². The summed E-state index contributed by atoms with van der Waals surface area (Å²) in [4.78, 5) is 13.2. The molecular formula is C15H15N5O2S2. The highest BCUT2D eigenvalue weighted by molar-refractivity contribution is 7.99. The first-order valence-corrected chi connectivity index (χ1v) is 9.31. The van der Waals surface area contributed by atoms with Crippen molar-refractivity contribution in [1.29, 1.82) is 0 Å². The number of thioether (sulfide) groups is 2. The van der Waals surface area contributed by atoms with Crippen LogP contribution in [0.1, 0.15) is 5.76 Å². The predicted octanol–water partition coefficient (Wildman–Crippen LogP) is 2.77. The van der Waals surface area contributed by atoms with Gasteiger partial charge in [-0.05, 0) is 53.1 Å². The quantitative estimate of drug-likeness (QED) is 0.648. The van der Waals surface area contributed by atoms with Gasteiger partial charge in [0.15, 0.2) is 0 Å². The summed E-state index contributed by atoms with van der Waals surface area (Å²) in [6.45, 7) is 0.431. The minimum atomic E-state index is -0.107. The molecule has 1 amide bonds. The Morgan fingerprint density at radius 1 is 1.29 bits per heavy atom. The highest BCUT2D eigenvalue weighted by Gasteiger charge is 2.11. The fourth-order valence-corrected chi connectivity index (χ4v) is 3.04. The summed E-state index contributed by atoms with van der Waals surface area (Å²) in [5.74, 6) is 0.870. The number of furan rings is 1. The fraction of sp³-hybridized carbons (Fsp3) is 0.200. The van der Waals surface area contributed by atoms with E-state index in [2.05, 4.69) is 20.8 Å². The average molecular weight is 361 g/mol. The van der Waals surface area contributed by atoms with E-state index in [0.29, 0.717) is 11.7 Å². The van der Waals surface area contributed by atoms with Gasteiger partial charge in [0.1, 0.15) is 12.3 Å². The molecule has 0 radical (unpaired) electrons. The van der Waals surface area contributed by atoms with Crippen molar-refractivity contribution in [3.8, 4) is 0 Å². The van der Waals surface area contributed by atoms with Gasteiger partial charge in [-0.25, -0.2) is 4.68 Å². The maximum atomic E-state index is 12.1. The molecule has 0 fully saturated rings. The molecule has 3 rings (SSSR count). The second kappa shape index (κ2) is 8.02. The van der Waals surface area contributed by atoms with Crippen molar-refractivity contribution in [2.24, 2.45) is 0 Å². The summed E-state index contributed by atoms with van der Waals surface area (Å²) in [6.07, 6.45) is 3.61. The van der Waals surface area contributed by atoms with E-state index in [4.69, 9.17) is 4.42 Å². The zero-order valence-corrected chi connectivity index (χ0v) is 14.5. The lowest BCUT2D eigenvalue weighted by Gasteiger charge is -2.06. The van der Waals surface area contributed by atoms with Gasteiger partial charge in [0.2, 0.25) is 11.1 Å². The van der Waals surface area contributed by atoms with Crippen molar-refractivity contribution in [1.82, 2.24) is 20.2 Å². The van der Waals surface area contributed by atoms with Gasteiger partial charge in [-0.3, -0.25) is 4.79 Å². The smallest absolute Gasteiger partial charge is 0.234 e. The molecular weight excluding hydrogens is 346 g/mol. The number of carbonyl (C=O) groups is 1. The number of tetrazole rings is 1. The number of hydrogen-bond acceptors (Lipinski definition) is 7. The SMILES string of the molecule is CSc1ccc(NC(=O)CSc2nnnn2Cc2ccco2)cc1. The van der Waals surface area contributed by atoms with Crippen molar-refractivity contribution in [3.05, 3.63) is 48.4 Å². The maximum Gasteiger partial charge on any atom is 0.234 e. The molecule has 1 aromatic carbocycles. The first-order chi connectivity index (χ1) is 11.7.